The van der Waals surface area contributed by atoms with Crippen LogP contribution in [-0.4, -0.2) is 22.5 Å². The van der Waals surface area contributed by atoms with Crippen molar-refractivity contribution >= 4 is 27.4 Å². The highest BCUT2D eigenvalue weighted by Gasteiger charge is 2.25. The molecule has 0 bridgehead atoms. The molecule has 1 aliphatic rings. The lowest BCUT2D eigenvalue weighted by Crippen LogP contribution is -2.36. The fraction of sp³-hybridized carbons (Fsp3) is 0.562. The Morgan fingerprint density at radius 3 is 3.00 bits per heavy atom. The van der Waals surface area contributed by atoms with E-state index in [4.69, 9.17) is 4.98 Å². The first kappa shape index (κ1) is 13.9. The van der Waals surface area contributed by atoms with E-state index in [1.54, 1.807) is 0 Å². The molecule has 0 aromatic carbocycles. The van der Waals surface area contributed by atoms with Gasteiger partial charge in [0, 0.05) is 24.6 Å². The van der Waals surface area contributed by atoms with Crippen molar-refractivity contribution in [2.24, 2.45) is 5.92 Å². The summed E-state index contributed by atoms with van der Waals surface area (Å²) in [5.74, 6) is 1.97. The van der Waals surface area contributed by atoms with E-state index >= 15 is 0 Å². The van der Waals surface area contributed by atoms with E-state index in [0.717, 1.165) is 22.7 Å². The van der Waals surface area contributed by atoms with Gasteiger partial charge >= 0.3 is 0 Å². The van der Waals surface area contributed by atoms with Crippen LogP contribution in [0.5, 0.6) is 0 Å². The van der Waals surface area contributed by atoms with Crippen molar-refractivity contribution in [1.29, 1.82) is 0 Å². The molecule has 0 radical (unpaired) electrons. The lowest BCUT2D eigenvalue weighted by atomic mass is 9.86. The Morgan fingerprint density at radius 1 is 1.40 bits per heavy atom. The number of halogens is 1. The Balaban J connectivity index is 1.96. The number of hydrogen-bond donors (Lipinski definition) is 0. The molecular formula is C16H22BrN3. The molecule has 1 fully saturated rings. The third-order valence-electron chi connectivity index (χ3n) is 4.52. The fourth-order valence-electron chi connectivity index (χ4n) is 3.37. The van der Waals surface area contributed by atoms with E-state index in [1.807, 2.05) is 6.07 Å². The van der Waals surface area contributed by atoms with Gasteiger partial charge in [-0.15, -0.1) is 0 Å². The number of aromatic nitrogens is 2. The van der Waals surface area contributed by atoms with E-state index in [2.05, 4.69) is 57.5 Å². The Bertz CT molecular complexity index is 592. The number of hydrogen-bond acceptors (Lipinski definition) is 2. The maximum absolute atomic E-state index is 4.84. The molecule has 0 spiro atoms. The molecule has 1 saturated carbocycles. The molecule has 3 rings (SSSR count). The second kappa shape index (κ2) is 5.76. The van der Waals surface area contributed by atoms with Crippen molar-refractivity contribution in [2.45, 2.75) is 44.0 Å². The number of alkyl halides is 1. The maximum Gasteiger partial charge on any atom is 0.152 e. The van der Waals surface area contributed by atoms with Crippen LogP contribution in [0.2, 0.25) is 0 Å². The summed E-state index contributed by atoms with van der Waals surface area (Å²) in [4.78, 5) is 7.24. The van der Waals surface area contributed by atoms with Crippen molar-refractivity contribution in [3.8, 4) is 0 Å². The Kier molecular flexibility index (Phi) is 4.01. The minimum Gasteiger partial charge on any atom is -0.355 e. The quantitative estimate of drug-likeness (QED) is 0.782. The lowest BCUT2D eigenvalue weighted by molar-refractivity contribution is 0.335. The number of imidazole rings is 1. The van der Waals surface area contributed by atoms with Gasteiger partial charge in [0.2, 0.25) is 0 Å². The van der Waals surface area contributed by atoms with Gasteiger partial charge in [-0.2, -0.15) is 0 Å². The van der Waals surface area contributed by atoms with Crippen molar-refractivity contribution < 1.29 is 0 Å². The molecule has 1 aliphatic carbocycles. The van der Waals surface area contributed by atoms with Crippen LogP contribution in [0.4, 0.5) is 5.82 Å². The molecule has 0 N–H and O–H groups in total. The number of fused-ring (bicyclic) bond motifs is 1. The number of anilines is 1. The van der Waals surface area contributed by atoms with Gasteiger partial charge < -0.3 is 9.30 Å². The van der Waals surface area contributed by atoms with E-state index in [1.165, 1.54) is 31.4 Å². The average Bonchev–Trinajstić information content (AvgIpc) is 2.85. The second-order valence-electron chi connectivity index (χ2n) is 5.98. The van der Waals surface area contributed by atoms with Crippen LogP contribution in [0, 0.1) is 5.92 Å². The highest BCUT2D eigenvalue weighted by molar-refractivity contribution is 9.08. The van der Waals surface area contributed by atoms with E-state index in [9.17, 15) is 0 Å². The molecule has 108 valence electrons. The molecule has 2 aromatic rings. The minimum atomic E-state index is 0.626. The van der Waals surface area contributed by atoms with Gasteiger partial charge in [0.1, 0.15) is 5.65 Å². The third kappa shape index (κ3) is 2.46. The third-order valence-corrected chi connectivity index (χ3v) is 5.06. The lowest BCUT2D eigenvalue weighted by Gasteiger charge is -2.34. The number of nitrogens with zero attached hydrogens (tertiary/aromatic N) is 3. The predicted molar refractivity (Wildman–Crippen MR) is 87.6 cm³/mol. The summed E-state index contributed by atoms with van der Waals surface area (Å²) in [6, 6.07) is 6.81. The zero-order valence-electron chi connectivity index (χ0n) is 12.2. The summed E-state index contributed by atoms with van der Waals surface area (Å²) in [6.07, 6.45) is 7.39. The van der Waals surface area contributed by atoms with Gasteiger partial charge in [-0.25, -0.2) is 4.98 Å². The molecule has 2 atom stereocenters. The van der Waals surface area contributed by atoms with E-state index in [0.29, 0.717) is 6.04 Å². The van der Waals surface area contributed by atoms with Crippen LogP contribution < -0.4 is 4.90 Å². The normalized spacial score (nSPS) is 23.1. The second-order valence-corrected chi connectivity index (χ2v) is 6.54. The Labute approximate surface area is 129 Å². The number of pyridine rings is 1. The standard InChI is InChI=1S/C16H22BrN3/c1-12-6-5-7-13(10-12)19(2)16-14(11-17)20-9-4-3-8-15(20)18-16/h3-4,8-9,12-13H,5-7,10-11H2,1-2H3. The van der Waals surface area contributed by atoms with Crippen LogP contribution in [0.25, 0.3) is 5.65 Å². The first-order chi connectivity index (χ1) is 9.70. The van der Waals surface area contributed by atoms with E-state index in [-0.39, 0.29) is 0 Å². The van der Waals surface area contributed by atoms with Crippen molar-refractivity contribution in [1.82, 2.24) is 9.38 Å². The van der Waals surface area contributed by atoms with Crippen LogP contribution >= 0.6 is 15.9 Å². The zero-order chi connectivity index (χ0) is 14.1. The highest BCUT2D eigenvalue weighted by Crippen LogP contribution is 2.31. The van der Waals surface area contributed by atoms with Gasteiger partial charge in [0.25, 0.3) is 0 Å². The topological polar surface area (TPSA) is 20.5 Å². The molecule has 4 heteroatoms. The number of rotatable bonds is 3. The first-order valence-electron chi connectivity index (χ1n) is 7.45. The summed E-state index contributed by atoms with van der Waals surface area (Å²) < 4.78 is 2.19. The molecule has 2 heterocycles. The molecule has 2 aromatic heterocycles. The van der Waals surface area contributed by atoms with Gasteiger partial charge in [-0.05, 0) is 30.9 Å². The molecular weight excluding hydrogens is 314 g/mol. The fourth-order valence-corrected chi connectivity index (χ4v) is 3.89. The van der Waals surface area contributed by atoms with Gasteiger partial charge in [0.05, 0.1) is 5.69 Å². The van der Waals surface area contributed by atoms with Crippen LogP contribution in [0.1, 0.15) is 38.3 Å². The first-order valence-corrected chi connectivity index (χ1v) is 8.57. The molecule has 0 saturated heterocycles. The van der Waals surface area contributed by atoms with Crippen molar-refractivity contribution in [3.63, 3.8) is 0 Å². The van der Waals surface area contributed by atoms with Gasteiger partial charge in [0.15, 0.2) is 5.82 Å². The summed E-state index contributed by atoms with van der Waals surface area (Å²) in [6.45, 7) is 2.37. The molecule has 0 amide bonds. The van der Waals surface area contributed by atoms with Crippen molar-refractivity contribution in [3.05, 3.63) is 30.1 Å². The molecule has 2 unspecified atom stereocenters. The average molecular weight is 336 g/mol. The Morgan fingerprint density at radius 2 is 2.25 bits per heavy atom. The van der Waals surface area contributed by atoms with Crippen LogP contribution in [0.15, 0.2) is 24.4 Å². The molecule has 20 heavy (non-hydrogen) atoms. The van der Waals surface area contributed by atoms with Crippen LogP contribution in [0.3, 0.4) is 0 Å². The zero-order valence-corrected chi connectivity index (χ0v) is 13.8. The summed E-state index contributed by atoms with van der Waals surface area (Å²) in [5, 5.41) is 0.833. The van der Waals surface area contributed by atoms with Gasteiger partial charge in [-0.1, -0.05) is 41.8 Å². The smallest absolute Gasteiger partial charge is 0.152 e. The Hall–Kier alpha value is -1.03. The summed E-state index contributed by atoms with van der Waals surface area (Å²) in [5.41, 5.74) is 2.29. The predicted octanol–water partition coefficient (Wildman–Crippen LogP) is 4.24. The largest absolute Gasteiger partial charge is 0.355 e. The van der Waals surface area contributed by atoms with Gasteiger partial charge in [-0.3, -0.25) is 0 Å². The van der Waals surface area contributed by atoms with E-state index < -0.39 is 0 Å². The monoisotopic (exact) mass is 335 g/mol. The minimum absolute atomic E-state index is 0.626. The van der Waals surface area contributed by atoms with Crippen molar-refractivity contribution in [2.75, 3.05) is 11.9 Å². The van der Waals surface area contributed by atoms with Crippen LogP contribution in [-0.2, 0) is 5.33 Å². The SMILES string of the molecule is CC1CCCC(N(C)c2nc3ccccn3c2CBr)C1. The maximum atomic E-state index is 4.84. The highest BCUT2D eigenvalue weighted by atomic mass is 79.9. The molecule has 0 aliphatic heterocycles. The summed E-state index contributed by atoms with van der Waals surface area (Å²) in [7, 11) is 2.20. The summed E-state index contributed by atoms with van der Waals surface area (Å²) >= 11 is 3.63. The molecule has 3 nitrogen and oxygen atoms in total.